The minimum atomic E-state index is -0.296. The molecule has 2 saturated heterocycles. The van der Waals surface area contributed by atoms with Gasteiger partial charge in [0.1, 0.15) is 11.8 Å². The molecule has 2 unspecified atom stereocenters. The second-order valence-electron chi connectivity index (χ2n) is 7.36. The molecule has 0 N–H and O–H groups in total. The van der Waals surface area contributed by atoms with Crippen LogP contribution in [0.2, 0.25) is 0 Å². The van der Waals surface area contributed by atoms with E-state index in [4.69, 9.17) is 9.78 Å². The van der Waals surface area contributed by atoms with Gasteiger partial charge in [0.05, 0.1) is 12.6 Å². The maximum absolute atomic E-state index is 12.9. The summed E-state index contributed by atoms with van der Waals surface area (Å²) in [4.78, 5) is 18.4. The highest BCUT2D eigenvalue weighted by atomic mass is 16.5. The minimum Gasteiger partial charge on any atom is -0.359 e. The van der Waals surface area contributed by atoms with E-state index in [-0.39, 0.29) is 23.8 Å². The molecule has 3 heterocycles. The van der Waals surface area contributed by atoms with E-state index in [9.17, 15) is 10.1 Å². The second kappa shape index (κ2) is 6.97. The summed E-state index contributed by atoms with van der Waals surface area (Å²) in [6.45, 7) is 3.20. The van der Waals surface area contributed by atoms with E-state index in [2.05, 4.69) is 22.3 Å². The molecule has 1 aromatic rings. The molecule has 136 valence electrons. The van der Waals surface area contributed by atoms with Crippen LogP contribution in [0.3, 0.4) is 0 Å². The molecular weight excluding hydrogens is 332 g/mol. The Balaban J connectivity index is 1.48. The Morgan fingerprint density at radius 1 is 1.19 bits per heavy atom. The first-order chi connectivity index (χ1) is 12.7. The summed E-state index contributed by atoms with van der Waals surface area (Å²) in [6, 6.07) is 3.93. The highest BCUT2D eigenvalue weighted by Crippen LogP contribution is 2.37. The summed E-state index contributed by atoms with van der Waals surface area (Å²) in [5.41, 5.74) is 0. The molecular formula is C18H22N6O2. The third-order valence-corrected chi connectivity index (χ3v) is 5.85. The van der Waals surface area contributed by atoms with Crippen molar-refractivity contribution in [3.63, 3.8) is 0 Å². The van der Waals surface area contributed by atoms with Crippen molar-refractivity contribution in [1.29, 1.82) is 10.5 Å². The van der Waals surface area contributed by atoms with Crippen molar-refractivity contribution in [2.75, 3.05) is 37.6 Å². The zero-order valence-corrected chi connectivity index (χ0v) is 14.7. The van der Waals surface area contributed by atoms with Crippen molar-refractivity contribution in [2.45, 2.75) is 37.6 Å². The van der Waals surface area contributed by atoms with Gasteiger partial charge in [0, 0.05) is 44.1 Å². The maximum Gasteiger partial charge on any atom is 0.247 e. The highest BCUT2D eigenvalue weighted by molar-refractivity contribution is 5.97. The largest absolute Gasteiger partial charge is 0.359 e. The van der Waals surface area contributed by atoms with Crippen molar-refractivity contribution in [1.82, 2.24) is 15.0 Å². The molecule has 4 rings (SSSR count). The molecule has 3 fully saturated rings. The fourth-order valence-electron chi connectivity index (χ4n) is 4.32. The fraction of sp³-hybridized carbons (Fsp3) is 0.667. The lowest BCUT2D eigenvalue weighted by Crippen LogP contribution is -2.64. The van der Waals surface area contributed by atoms with E-state index < -0.39 is 0 Å². The number of rotatable bonds is 2. The SMILES string of the molecule is N#CC1CCCC(c2cc(N3CCN4CCN(C#N)C[C@@H]4C3=O)no2)C1. The van der Waals surface area contributed by atoms with Crippen molar-refractivity contribution in [3.8, 4) is 12.3 Å². The third-order valence-electron chi connectivity index (χ3n) is 5.85. The third kappa shape index (κ3) is 3.02. The first-order valence-corrected chi connectivity index (χ1v) is 9.26. The Bertz CT molecular complexity index is 762. The molecule has 26 heavy (non-hydrogen) atoms. The van der Waals surface area contributed by atoms with Crippen LogP contribution in [0.5, 0.6) is 0 Å². The number of piperazine rings is 2. The Morgan fingerprint density at radius 2 is 2.04 bits per heavy atom. The van der Waals surface area contributed by atoms with Gasteiger partial charge in [0.2, 0.25) is 5.91 Å². The first-order valence-electron chi connectivity index (χ1n) is 9.26. The number of anilines is 1. The van der Waals surface area contributed by atoms with Crippen molar-refractivity contribution in [3.05, 3.63) is 11.8 Å². The van der Waals surface area contributed by atoms with Crippen LogP contribution < -0.4 is 4.90 Å². The van der Waals surface area contributed by atoms with Gasteiger partial charge in [-0.15, -0.1) is 0 Å². The Labute approximate surface area is 152 Å². The molecule has 3 atom stereocenters. The number of hydrogen-bond acceptors (Lipinski definition) is 7. The zero-order chi connectivity index (χ0) is 18.1. The van der Waals surface area contributed by atoms with Crippen LogP contribution in [-0.2, 0) is 4.79 Å². The number of hydrogen-bond donors (Lipinski definition) is 0. The normalized spacial score (nSPS) is 29.8. The van der Waals surface area contributed by atoms with Crippen molar-refractivity contribution >= 4 is 11.7 Å². The Kier molecular flexibility index (Phi) is 4.52. The number of nitriles is 2. The molecule has 2 aliphatic heterocycles. The number of aromatic nitrogens is 1. The van der Waals surface area contributed by atoms with Gasteiger partial charge in [-0.3, -0.25) is 14.6 Å². The van der Waals surface area contributed by atoms with Gasteiger partial charge >= 0.3 is 0 Å². The highest BCUT2D eigenvalue weighted by Gasteiger charge is 2.40. The van der Waals surface area contributed by atoms with E-state index >= 15 is 0 Å². The summed E-state index contributed by atoms with van der Waals surface area (Å²) in [7, 11) is 0. The van der Waals surface area contributed by atoms with E-state index in [0.717, 1.165) is 44.5 Å². The molecule has 8 nitrogen and oxygen atoms in total. The van der Waals surface area contributed by atoms with E-state index in [1.807, 2.05) is 6.07 Å². The maximum atomic E-state index is 12.9. The van der Waals surface area contributed by atoms with Crippen LogP contribution in [0.4, 0.5) is 5.82 Å². The number of carbonyl (C=O) groups is 1. The van der Waals surface area contributed by atoms with Gasteiger partial charge < -0.3 is 9.42 Å². The lowest BCUT2D eigenvalue weighted by Gasteiger charge is -2.44. The molecule has 0 spiro atoms. The first kappa shape index (κ1) is 16.9. The van der Waals surface area contributed by atoms with Crippen molar-refractivity contribution < 1.29 is 9.32 Å². The molecule has 1 saturated carbocycles. The average Bonchev–Trinajstić information content (AvgIpc) is 3.18. The van der Waals surface area contributed by atoms with Gasteiger partial charge in [0.15, 0.2) is 12.0 Å². The summed E-state index contributed by atoms with van der Waals surface area (Å²) in [5, 5.41) is 22.4. The predicted octanol–water partition coefficient (Wildman–Crippen LogP) is 1.29. The van der Waals surface area contributed by atoms with Gasteiger partial charge in [-0.1, -0.05) is 11.6 Å². The topological polar surface area (TPSA) is 100 Å². The van der Waals surface area contributed by atoms with Crippen LogP contribution in [0.25, 0.3) is 0 Å². The van der Waals surface area contributed by atoms with Gasteiger partial charge in [-0.25, -0.2) is 0 Å². The number of fused-ring (bicyclic) bond motifs is 1. The summed E-state index contributed by atoms with van der Waals surface area (Å²) >= 11 is 0. The van der Waals surface area contributed by atoms with Gasteiger partial charge in [-0.05, 0) is 19.3 Å². The zero-order valence-electron chi connectivity index (χ0n) is 14.7. The van der Waals surface area contributed by atoms with Gasteiger partial charge in [-0.2, -0.15) is 10.5 Å². The monoisotopic (exact) mass is 354 g/mol. The van der Waals surface area contributed by atoms with Crippen molar-refractivity contribution in [2.24, 2.45) is 5.92 Å². The molecule has 3 aliphatic rings. The second-order valence-corrected chi connectivity index (χ2v) is 7.36. The quantitative estimate of drug-likeness (QED) is 0.738. The smallest absolute Gasteiger partial charge is 0.247 e. The molecule has 1 aliphatic carbocycles. The molecule has 8 heteroatoms. The van der Waals surface area contributed by atoms with E-state index in [1.165, 1.54) is 0 Å². The number of amides is 1. The van der Waals surface area contributed by atoms with Crippen LogP contribution in [0, 0.1) is 28.7 Å². The minimum absolute atomic E-state index is 0.0189. The summed E-state index contributed by atoms with van der Waals surface area (Å²) in [6.07, 6.45) is 5.90. The molecule has 1 amide bonds. The molecule has 1 aromatic heterocycles. The molecule has 0 radical (unpaired) electrons. The van der Waals surface area contributed by atoms with Crippen LogP contribution >= 0.6 is 0 Å². The fourth-order valence-corrected chi connectivity index (χ4v) is 4.32. The van der Waals surface area contributed by atoms with E-state index in [0.29, 0.717) is 25.5 Å². The van der Waals surface area contributed by atoms with Crippen LogP contribution in [0.15, 0.2) is 10.6 Å². The average molecular weight is 354 g/mol. The standard InChI is InChI=1S/C18H22N6O2/c19-10-13-2-1-3-14(8-13)16-9-17(21-26-16)24-7-6-23-5-4-22(12-20)11-15(23)18(24)25/h9,13-15H,1-8,11H2/t13?,14?,15-/m1/s1. The van der Waals surface area contributed by atoms with Crippen LogP contribution in [-0.4, -0.2) is 59.6 Å². The number of carbonyl (C=O) groups excluding carboxylic acids is 1. The molecule has 0 aromatic carbocycles. The van der Waals surface area contributed by atoms with Gasteiger partial charge in [0.25, 0.3) is 0 Å². The predicted molar refractivity (Wildman–Crippen MR) is 91.7 cm³/mol. The Morgan fingerprint density at radius 3 is 2.85 bits per heavy atom. The van der Waals surface area contributed by atoms with E-state index in [1.54, 1.807) is 9.80 Å². The number of nitrogens with zero attached hydrogens (tertiary/aromatic N) is 6. The van der Waals surface area contributed by atoms with Crippen LogP contribution in [0.1, 0.15) is 37.4 Å². The lowest BCUT2D eigenvalue weighted by atomic mass is 9.81. The molecule has 0 bridgehead atoms. The summed E-state index contributed by atoms with van der Waals surface area (Å²) < 4.78 is 5.55. The lowest BCUT2D eigenvalue weighted by molar-refractivity contribution is -0.127. The Hall–Kier alpha value is -2.58. The summed E-state index contributed by atoms with van der Waals surface area (Å²) in [5.74, 6) is 1.59.